The summed E-state index contributed by atoms with van der Waals surface area (Å²) < 4.78 is 25.6. The molecule has 0 aliphatic carbocycles. The molecular formula is C61H50O18. The van der Waals surface area contributed by atoms with E-state index in [0.29, 0.717) is 0 Å². The molecule has 2 heterocycles. The molecule has 2 saturated heterocycles. The van der Waals surface area contributed by atoms with Crippen molar-refractivity contribution in [1.82, 2.24) is 0 Å². The molecule has 402 valence electrons. The summed E-state index contributed by atoms with van der Waals surface area (Å²) >= 11 is 0. The molecule has 10 atom stereocenters. The summed E-state index contributed by atoms with van der Waals surface area (Å²) in [5.74, 6) is -16.1. The van der Waals surface area contributed by atoms with Crippen LogP contribution in [0.1, 0.15) is 72.5 Å². The van der Waals surface area contributed by atoms with E-state index in [2.05, 4.69) is 0 Å². The van der Waals surface area contributed by atoms with Crippen LogP contribution in [0, 0.1) is 0 Å². The van der Waals surface area contributed by atoms with Gasteiger partial charge in [0.2, 0.25) is 45.9 Å². The fourth-order valence-electron chi connectivity index (χ4n) is 10.3. The van der Waals surface area contributed by atoms with Crippen LogP contribution in [-0.2, 0) is 18.9 Å². The van der Waals surface area contributed by atoms with Gasteiger partial charge < -0.3 is 54.7 Å². The molecule has 0 radical (unpaired) electrons. The van der Waals surface area contributed by atoms with Crippen LogP contribution in [0.2, 0.25) is 0 Å². The summed E-state index contributed by atoms with van der Waals surface area (Å²) in [4.78, 5) is 112. The van der Waals surface area contributed by atoms with E-state index in [1.54, 1.807) is 0 Å². The standard InChI is InChI=1S/C61H50O18/c62-36-44-58(47(65)38-24-10-2-11-25-38,57(75,54(72)56(74)76-44)46(64)37-22-8-1-9-23-37)78-61(51(69)42-32-18-6-19-33-42)53(71)45(63)52(70)60(79-61,50(68)41-30-16-5-17-31-41)59(48(66)39-26-12-3-13-27-39,49(67)40-28-14-4-15-29-40)77-55(73)43-34-20-7-21-35-43/h1-35,44-45,52-54,56,62-63,70-72,74-75H,36H2/t44-,45+,52-,53-,54+,56+,57-,58+,60+,61-/m1/s1. The minimum Gasteiger partial charge on any atom is -0.435 e. The van der Waals surface area contributed by atoms with Crippen molar-refractivity contribution in [1.29, 1.82) is 0 Å². The number of benzene rings is 7. The van der Waals surface area contributed by atoms with Gasteiger partial charge in [-0.1, -0.05) is 200 Å². The lowest BCUT2D eigenvalue weighted by Crippen LogP contribution is -2.87. The lowest BCUT2D eigenvalue weighted by atomic mass is 9.62. The van der Waals surface area contributed by atoms with Gasteiger partial charge in [-0.2, -0.15) is 0 Å². The third-order valence-electron chi connectivity index (χ3n) is 14.2. The first-order valence-corrected chi connectivity index (χ1v) is 24.6. The average Bonchev–Trinajstić information content (AvgIpc) is 2.41. The van der Waals surface area contributed by atoms with Gasteiger partial charge in [0.25, 0.3) is 11.4 Å². The molecule has 2 aliphatic rings. The summed E-state index contributed by atoms with van der Waals surface area (Å²) in [6, 6.07) is 44.2. The fraction of sp³-hybridized carbons (Fsp3) is 0.197. The predicted molar refractivity (Wildman–Crippen MR) is 277 cm³/mol. The Balaban J connectivity index is 1.49. The van der Waals surface area contributed by atoms with Gasteiger partial charge in [0.1, 0.15) is 30.5 Å². The number of carbonyl (C=O) groups excluding carboxylic acids is 7. The van der Waals surface area contributed by atoms with E-state index in [1.165, 1.54) is 140 Å². The summed E-state index contributed by atoms with van der Waals surface area (Å²) in [7, 11) is 0. The van der Waals surface area contributed by atoms with Crippen LogP contribution >= 0.6 is 0 Å². The first-order chi connectivity index (χ1) is 38.0. The smallest absolute Gasteiger partial charge is 0.339 e. The topological polar surface area (TPSA) is 298 Å². The van der Waals surface area contributed by atoms with Gasteiger partial charge in [0.15, 0.2) is 11.9 Å². The van der Waals surface area contributed by atoms with Crippen LogP contribution in [-0.4, -0.2) is 148 Å². The molecule has 0 unspecified atom stereocenters. The molecule has 9 rings (SSSR count). The maximum atomic E-state index is 16.6. The highest BCUT2D eigenvalue weighted by Crippen LogP contribution is 2.55. The van der Waals surface area contributed by atoms with Crippen LogP contribution in [0.4, 0.5) is 0 Å². The largest absolute Gasteiger partial charge is 0.435 e. The summed E-state index contributed by atoms with van der Waals surface area (Å²) in [6.45, 7) is -1.59. The molecule has 7 aromatic carbocycles. The van der Waals surface area contributed by atoms with Crippen molar-refractivity contribution in [3.63, 3.8) is 0 Å². The average molecular weight is 1070 g/mol. The van der Waals surface area contributed by atoms with Crippen molar-refractivity contribution in [2.45, 2.75) is 65.0 Å². The summed E-state index contributed by atoms with van der Waals surface area (Å²) in [6.07, 6.45) is -18.1. The molecule has 18 heteroatoms. The molecular weight excluding hydrogens is 1020 g/mol. The van der Waals surface area contributed by atoms with Gasteiger partial charge in [-0.15, -0.1) is 0 Å². The second-order valence-electron chi connectivity index (χ2n) is 18.7. The first kappa shape index (κ1) is 55.4. The van der Waals surface area contributed by atoms with Crippen LogP contribution in [0.5, 0.6) is 0 Å². The van der Waals surface area contributed by atoms with Gasteiger partial charge in [-0.05, 0) is 12.1 Å². The number of rotatable bonds is 18. The van der Waals surface area contributed by atoms with Crippen molar-refractivity contribution >= 4 is 40.7 Å². The number of aliphatic hydroxyl groups excluding tert-OH is 6. The van der Waals surface area contributed by atoms with Crippen LogP contribution in [0.3, 0.4) is 0 Å². The zero-order chi connectivity index (χ0) is 56.3. The number of ether oxygens (including phenoxy) is 4. The van der Waals surface area contributed by atoms with Gasteiger partial charge in [-0.3, -0.25) is 28.8 Å². The number of hydrogen-bond acceptors (Lipinski definition) is 18. The SMILES string of the molecule is O=C(OC(C(=O)c1ccccc1)(C(=O)c1ccccc1)[C@@]1(C(=O)c2ccccc2)O[C@](O[C@]2(C(=O)c3ccccc3)[C@@H](CO)O[C@H](O)[C@H](O)[C@]2(O)C(=O)c2ccccc2)(C(=O)c2ccccc2)[C@H](O)[C@@H](O)[C@H]1O)c1ccccc1. The Bertz CT molecular complexity index is 3320. The molecule has 2 fully saturated rings. The van der Waals surface area contributed by atoms with Crippen molar-refractivity contribution in [2.75, 3.05) is 6.61 Å². The van der Waals surface area contributed by atoms with Crippen LogP contribution in [0.15, 0.2) is 212 Å². The fourth-order valence-corrected chi connectivity index (χ4v) is 10.3. The zero-order valence-corrected chi connectivity index (χ0v) is 41.5. The molecule has 7 N–H and O–H groups in total. The molecule has 0 saturated carbocycles. The van der Waals surface area contributed by atoms with Crippen molar-refractivity contribution in [3.8, 4) is 0 Å². The van der Waals surface area contributed by atoms with E-state index in [-0.39, 0.29) is 5.56 Å². The molecule has 0 bridgehead atoms. The summed E-state index contributed by atoms with van der Waals surface area (Å²) in [5.41, 5.74) is -20.2. The Kier molecular flexibility index (Phi) is 15.5. The number of esters is 1. The Morgan fingerprint density at radius 3 is 1.20 bits per heavy atom. The minimum atomic E-state index is -4.29. The molecule has 0 spiro atoms. The van der Waals surface area contributed by atoms with Crippen molar-refractivity contribution in [3.05, 3.63) is 251 Å². The zero-order valence-electron chi connectivity index (χ0n) is 41.5. The maximum absolute atomic E-state index is 16.6. The monoisotopic (exact) mass is 1070 g/mol. The lowest BCUT2D eigenvalue weighted by molar-refractivity contribution is -0.419. The van der Waals surface area contributed by atoms with Crippen molar-refractivity contribution < 1.29 is 88.3 Å². The Hall–Kier alpha value is -8.37. The van der Waals surface area contributed by atoms with Gasteiger partial charge in [-0.25, -0.2) is 4.79 Å². The van der Waals surface area contributed by atoms with E-state index in [4.69, 9.17) is 18.9 Å². The van der Waals surface area contributed by atoms with Gasteiger partial charge >= 0.3 is 5.97 Å². The van der Waals surface area contributed by atoms with E-state index in [0.717, 1.165) is 72.8 Å². The van der Waals surface area contributed by atoms with E-state index in [1.807, 2.05) is 0 Å². The minimum absolute atomic E-state index is 0.390. The lowest BCUT2D eigenvalue weighted by Gasteiger charge is -2.61. The van der Waals surface area contributed by atoms with Crippen LogP contribution in [0.25, 0.3) is 0 Å². The molecule has 7 aromatic rings. The number of Topliss-reactive ketones (excluding diaryl/α,β-unsaturated/α-hetero) is 6. The highest BCUT2D eigenvalue weighted by atomic mass is 16.8. The second-order valence-corrected chi connectivity index (χ2v) is 18.7. The molecule has 0 aromatic heterocycles. The van der Waals surface area contributed by atoms with Gasteiger partial charge in [0.05, 0.1) is 12.2 Å². The molecule has 0 amide bonds. The molecule has 18 nitrogen and oxygen atoms in total. The van der Waals surface area contributed by atoms with E-state index >= 15 is 33.6 Å². The number of aliphatic hydroxyl groups is 7. The highest BCUT2D eigenvalue weighted by molar-refractivity contribution is 6.29. The summed E-state index contributed by atoms with van der Waals surface area (Å²) in [5, 5.41) is 87.9. The normalized spacial score (nSPS) is 26.7. The number of hydrogen-bond donors (Lipinski definition) is 7. The molecule has 2 aliphatic heterocycles. The first-order valence-electron chi connectivity index (χ1n) is 24.6. The Morgan fingerprint density at radius 2 is 0.797 bits per heavy atom. The number of carbonyl (C=O) groups is 7. The van der Waals surface area contributed by atoms with Gasteiger partial charge in [0, 0.05) is 33.4 Å². The number of ketones is 6. The second kappa shape index (κ2) is 22.2. The maximum Gasteiger partial charge on any atom is 0.339 e. The van der Waals surface area contributed by atoms with E-state index in [9.17, 15) is 35.7 Å². The highest BCUT2D eigenvalue weighted by Gasteiger charge is 2.83. The van der Waals surface area contributed by atoms with Crippen molar-refractivity contribution in [2.24, 2.45) is 0 Å². The quantitative estimate of drug-likeness (QED) is 0.0363. The predicted octanol–water partition coefficient (Wildman–Crippen LogP) is 3.98. The van der Waals surface area contributed by atoms with Crippen LogP contribution < -0.4 is 0 Å². The Morgan fingerprint density at radius 1 is 0.443 bits per heavy atom. The third kappa shape index (κ3) is 8.95. The Labute approximate surface area is 450 Å². The third-order valence-corrected chi connectivity index (χ3v) is 14.2. The molecule has 79 heavy (non-hydrogen) atoms. The van der Waals surface area contributed by atoms with E-state index < -0.39 is 146 Å².